The highest BCUT2D eigenvalue weighted by Gasteiger charge is 2.25. The maximum absolute atomic E-state index is 12.9. The van der Waals surface area contributed by atoms with Gasteiger partial charge in [0, 0.05) is 18.8 Å². The highest BCUT2D eigenvalue weighted by atomic mass is 16.2. The Morgan fingerprint density at radius 3 is 2.64 bits per heavy atom. The molecule has 25 heavy (non-hydrogen) atoms. The molecule has 0 unspecified atom stereocenters. The van der Waals surface area contributed by atoms with E-state index in [-0.39, 0.29) is 5.91 Å². The van der Waals surface area contributed by atoms with Crippen LogP contribution in [0.15, 0.2) is 36.5 Å². The SMILES string of the molecule is CCNCC1CCN(C(=O)c2cnn(Cc3ccccc3)c2C)CC1. The number of amides is 1. The topological polar surface area (TPSA) is 50.2 Å². The molecule has 1 N–H and O–H groups in total. The minimum Gasteiger partial charge on any atom is -0.339 e. The van der Waals surface area contributed by atoms with Gasteiger partial charge in [0.05, 0.1) is 18.3 Å². The molecule has 2 heterocycles. The summed E-state index contributed by atoms with van der Waals surface area (Å²) in [6.07, 6.45) is 3.89. The first-order valence-electron chi connectivity index (χ1n) is 9.25. The molecule has 0 atom stereocenters. The lowest BCUT2D eigenvalue weighted by molar-refractivity contribution is 0.0689. The normalized spacial score (nSPS) is 15.5. The largest absolute Gasteiger partial charge is 0.339 e. The number of nitrogens with zero attached hydrogens (tertiary/aromatic N) is 3. The monoisotopic (exact) mass is 340 g/mol. The minimum absolute atomic E-state index is 0.124. The van der Waals surface area contributed by atoms with Crippen LogP contribution in [0.25, 0.3) is 0 Å². The van der Waals surface area contributed by atoms with E-state index in [0.29, 0.717) is 12.5 Å². The molecule has 1 aromatic carbocycles. The number of aromatic nitrogens is 2. The molecule has 134 valence electrons. The van der Waals surface area contributed by atoms with Gasteiger partial charge in [-0.3, -0.25) is 9.48 Å². The molecule has 1 aromatic heterocycles. The standard InChI is InChI=1S/C20H28N4O/c1-3-21-13-17-9-11-23(12-10-17)20(25)19-14-22-24(16(19)2)15-18-7-5-4-6-8-18/h4-8,14,17,21H,3,9-13,15H2,1-2H3. The average Bonchev–Trinajstić information content (AvgIpc) is 3.01. The van der Waals surface area contributed by atoms with Gasteiger partial charge in [-0.05, 0) is 44.3 Å². The lowest BCUT2D eigenvalue weighted by Crippen LogP contribution is -2.40. The molecular weight excluding hydrogens is 312 g/mol. The molecule has 1 fully saturated rings. The van der Waals surface area contributed by atoms with E-state index < -0.39 is 0 Å². The van der Waals surface area contributed by atoms with Crippen LogP contribution in [-0.4, -0.2) is 46.8 Å². The van der Waals surface area contributed by atoms with Crippen molar-refractivity contribution in [3.63, 3.8) is 0 Å². The number of carbonyl (C=O) groups excluding carboxylic acids is 1. The first-order valence-corrected chi connectivity index (χ1v) is 9.25. The zero-order valence-electron chi connectivity index (χ0n) is 15.2. The summed E-state index contributed by atoms with van der Waals surface area (Å²) in [7, 11) is 0. The molecule has 2 aromatic rings. The summed E-state index contributed by atoms with van der Waals surface area (Å²) in [5.41, 5.74) is 2.88. The smallest absolute Gasteiger partial charge is 0.257 e. The lowest BCUT2D eigenvalue weighted by Gasteiger charge is -2.32. The zero-order valence-corrected chi connectivity index (χ0v) is 15.2. The van der Waals surface area contributed by atoms with Crippen molar-refractivity contribution in [2.75, 3.05) is 26.2 Å². The van der Waals surface area contributed by atoms with Crippen LogP contribution in [-0.2, 0) is 6.54 Å². The van der Waals surface area contributed by atoms with E-state index in [2.05, 4.69) is 29.5 Å². The number of carbonyl (C=O) groups is 1. The van der Waals surface area contributed by atoms with Crippen molar-refractivity contribution in [2.24, 2.45) is 5.92 Å². The Labute approximate surface area is 150 Å². The second-order valence-electron chi connectivity index (χ2n) is 6.83. The molecule has 0 aliphatic carbocycles. The van der Waals surface area contributed by atoms with Crippen molar-refractivity contribution in [1.29, 1.82) is 0 Å². The van der Waals surface area contributed by atoms with Gasteiger partial charge < -0.3 is 10.2 Å². The third kappa shape index (κ3) is 4.28. The molecule has 3 rings (SSSR count). The molecule has 0 saturated carbocycles. The van der Waals surface area contributed by atoms with Crippen molar-refractivity contribution in [1.82, 2.24) is 20.0 Å². The Kier molecular flexibility index (Phi) is 5.87. The molecule has 0 radical (unpaired) electrons. The maximum atomic E-state index is 12.9. The number of likely N-dealkylation sites (tertiary alicyclic amines) is 1. The maximum Gasteiger partial charge on any atom is 0.257 e. The number of nitrogens with one attached hydrogen (secondary N) is 1. The summed E-state index contributed by atoms with van der Waals surface area (Å²) < 4.78 is 1.92. The predicted octanol–water partition coefficient (Wildman–Crippen LogP) is 2.70. The Balaban J connectivity index is 1.62. The predicted molar refractivity (Wildman–Crippen MR) is 99.7 cm³/mol. The van der Waals surface area contributed by atoms with Crippen LogP contribution in [0.4, 0.5) is 0 Å². The summed E-state index contributed by atoms with van der Waals surface area (Å²) >= 11 is 0. The number of piperidine rings is 1. The quantitative estimate of drug-likeness (QED) is 0.880. The van der Waals surface area contributed by atoms with Gasteiger partial charge >= 0.3 is 0 Å². The third-order valence-electron chi connectivity index (χ3n) is 5.09. The summed E-state index contributed by atoms with van der Waals surface area (Å²) in [5, 5.41) is 7.85. The van der Waals surface area contributed by atoms with Crippen LogP contribution in [0.3, 0.4) is 0 Å². The minimum atomic E-state index is 0.124. The van der Waals surface area contributed by atoms with E-state index in [1.165, 1.54) is 5.56 Å². The highest BCUT2D eigenvalue weighted by molar-refractivity contribution is 5.95. The van der Waals surface area contributed by atoms with E-state index in [0.717, 1.165) is 50.3 Å². The molecule has 1 aliphatic heterocycles. The Morgan fingerprint density at radius 1 is 1.24 bits per heavy atom. The molecule has 0 spiro atoms. The summed E-state index contributed by atoms with van der Waals surface area (Å²) in [6.45, 7) is 8.59. The molecule has 1 aliphatic rings. The summed E-state index contributed by atoms with van der Waals surface area (Å²) in [6, 6.07) is 10.2. The van der Waals surface area contributed by atoms with E-state index >= 15 is 0 Å². The highest BCUT2D eigenvalue weighted by Crippen LogP contribution is 2.20. The van der Waals surface area contributed by atoms with E-state index in [4.69, 9.17) is 0 Å². The van der Waals surface area contributed by atoms with E-state index in [1.54, 1.807) is 6.20 Å². The van der Waals surface area contributed by atoms with Crippen molar-refractivity contribution < 1.29 is 4.79 Å². The van der Waals surface area contributed by atoms with Gasteiger partial charge in [-0.15, -0.1) is 0 Å². The molecule has 0 bridgehead atoms. The van der Waals surface area contributed by atoms with Gasteiger partial charge in [-0.2, -0.15) is 5.10 Å². The number of hydrogen-bond donors (Lipinski definition) is 1. The number of rotatable bonds is 6. The van der Waals surface area contributed by atoms with Crippen LogP contribution in [0.5, 0.6) is 0 Å². The third-order valence-corrected chi connectivity index (χ3v) is 5.09. The molecule has 5 nitrogen and oxygen atoms in total. The van der Waals surface area contributed by atoms with Gasteiger partial charge in [-0.25, -0.2) is 0 Å². The van der Waals surface area contributed by atoms with Gasteiger partial charge in [0.15, 0.2) is 0 Å². The number of benzene rings is 1. The zero-order chi connectivity index (χ0) is 17.6. The Hall–Kier alpha value is -2.14. The van der Waals surface area contributed by atoms with E-state index in [1.807, 2.05) is 34.7 Å². The van der Waals surface area contributed by atoms with Gasteiger partial charge in [0.25, 0.3) is 5.91 Å². The van der Waals surface area contributed by atoms with Crippen molar-refractivity contribution in [3.05, 3.63) is 53.3 Å². The molecular formula is C20H28N4O. The molecule has 1 amide bonds. The number of hydrogen-bond acceptors (Lipinski definition) is 3. The fraction of sp³-hybridized carbons (Fsp3) is 0.500. The van der Waals surface area contributed by atoms with Gasteiger partial charge in [0.1, 0.15) is 0 Å². The van der Waals surface area contributed by atoms with Crippen molar-refractivity contribution in [2.45, 2.75) is 33.2 Å². The van der Waals surface area contributed by atoms with E-state index in [9.17, 15) is 4.79 Å². The fourth-order valence-corrected chi connectivity index (χ4v) is 3.43. The molecule has 1 saturated heterocycles. The molecule has 5 heteroatoms. The summed E-state index contributed by atoms with van der Waals surface area (Å²) in [4.78, 5) is 14.8. The average molecular weight is 340 g/mol. The van der Waals surface area contributed by atoms with Crippen LogP contribution in [0.1, 0.15) is 41.4 Å². The lowest BCUT2D eigenvalue weighted by atomic mass is 9.96. The Bertz CT molecular complexity index is 687. The first kappa shape index (κ1) is 17.7. The van der Waals surface area contributed by atoms with Crippen molar-refractivity contribution in [3.8, 4) is 0 Å². The van der Waals surface area contributed by atoms with Gasteiger partial charge in [-0.1, -0.05) is 37.3 Å². The Morgan fingerprint density at radius 2 is 1.96 bits per heavy atom. The van der Waals surface area contributed by atoms with Gasteiger partial charge in [0.2, 0.25) is 0 Å². The summed E-state index contributed by atoms with van der Waals surface area (Å²) in [5.74, 6) is 0.810. The van der Waals surface area contributed by atoms with Crippen molar-refractivity contribution >= 4 is 5.91 Å². The van der Waals surface area contributed by atoms with Crippen LogP contribution >= 0.6 is 0 Å². The van der Waals surface area contributed by atoms with Crippen LogP contribution < -0.4 is 5.32 Å². The first-order chi connectivity index (χ1) is 12.2. The second-order valence-corrected chi connectivity index (χ2v) is 6.83. The second kappa shape index (κ2) is 8.30. The van der Waals surface area contributed by atoms with Crippen LogP contribution in [0, 0.1) is 12.8 Å². The fourth-order valence-electron chi connectivity index (χ4n) is 3.43. The van der Waals surface area contributed by atoms with Crippen LogP contribution in [0.2, 0.25) is 0 Å².